The summed E-state index contributed by atoms with van der Waals surface area (Å²) in [6.07, 6.45) is 5.75. The van der Waals surface area contributed by atoms with Gasteiger partial charge < -0.3 is 34.4 Å². The molecule has 3 fully saturated rings. The van der Waals surface area contributed by atoms with Gasteiger partial charge in [-0.25, -0.2) is 4.39 Å². The molecule has 252 valence electrons. The molecule has 3 amide bonds. The number of nitrogens with one attached hydrogen (secondary N) is 1. The number of aromatic nitrogens is 1. The van der Waals surface area contributed by atoms with Gasteiger partial charge in [0.05, 0.1) is 36.9 Å². The van der Waals surface area contributed by atoms with Crippen LogP contribution in [0.2, 0.25) is 0 Å². The zero-order valence-electron chi connectivity index (χ0n) is 25.9. The second-order valence-electron chi connectivity index (χ2n) is 12.4. The fraction of sp³-hybridized carbons (Fsp3) is 0.500. The molecule has 0 saturated carbocycles. The highest BCUT2D eigenvalue weighted by Gasteiger charge is 2.53. The molecular weight excluding hydrogens is 650 g/mol. The molecule has 0 spiro atoms. The van der Waals surface area contributed by atoms with Crippen molar-refractivity contribution < 1.29 is 42.6 Å². The Labute approximate surface area is 275 Å². The molecule has 3 saturated heterocycles. The lowest BCUT2D eigenvalue weighted by atomic mass is 9.88. The third-order valence-corrected chi connectivity index (χ3v) is 11.3. The Morgan fingerprint density at radius 2 is 1.91 bits per heavy atom. The molecule has 4 atom stereocenters. The molecule has 1 unspecified atom stereocenters. The van der Waals surface area contributed by atoms with E-state index in [2.05, 4.69) is 10.3 Å². The van der Waals surface area contributed by atoms with E-state index in [4.69, 9.17) is 9.47 Å². The lowest BCUT2D eigenvalue weighted by molar-refractivity contribution is -0.182. The molecule has 15 heteroatoms. The molecule has 3 aliphatic rings. The van der Waals surface area contributed by atoms with Crippen molar-refractivity contribution in [2.24, 2.45) is 0 Å². The summed E-state index contributed by atoms with van der Waals surface area (Å²) in [4.78, 5) is 68.1. The smallest absolute Gasteiger partial charge is 0.363 e. The van der Waals surface area contributed by atoms with Gasteiger partial charge in [-0.1, -0.05) is 25.0 Å². The number of halogens is 1. The number of benzene rings is 1. The van der Waals surface area contributed by atoms with Gasteiger partial charge in [-0.3, -0.25) is 23.9 Å². The Balaban J connectivity index is 1.16. The van der Waals surface area contributed by atoms with Gasteiger partial charge in [0.2, 0.25) is 17.7 Å². The summed E-state index contributed by atoms with van der Waals surface area (Å²) in [7, 11) is -3.39. The van der Waals surface area contributed by atoms with Crippen LogP contribution in [-0.2, 0) is 29.2 Å². The number of methoxy groups -OCH3 is 1. The second kappa shape index (κ2) is 13.7. The van der Waals surface area contributed by atoms with Crippen molar-refractivity contribution in [2.45, 2.75) is 68.2 Å². The summed E-state index contributed by atoms with van der Waals surface area (Å²) in [6.45, 7) is 1.36. The summed E-state index contributed by atoms with van der Waals surface area (Å²) in [5, 5.41) is 3.35. The minimum atomic E-state index is -4.99. The predicted molar refractivity (Wildman–Crippen MR) is 171 cm³/mol. The summed E-state index contributed by atoms with van der Waals surface area (Å²) in [6, 6.07) is 9.66. The van der Waals surface area contributed by atoms with Crippen LogP contribution in [0.4, 0.5) is 4.39 Å². The Morgan fingerprint density at radius 3 is 2.64 bits per heavy atom. The van der Waals surface area contributed by atoms with Gasteiger partial charge in [0.15, 0.2) is 0 Å². The van der Waals surface area contributed by atoms with Crippen LogP contribution in [0.3, 0.4) is 0 Å². The SMILES string of the molecule is COCCOC1(c2ccccn2)CN(C(=O)[C@@H]2CC[C@@H]3CCCC[C@H](NC(=O)c4cc5cc(C(F)P(=O)(O)O)ccc5s4)C(=O)N32)C1. The molecule has 3 aromatic rings. The highest BCUT2D eigenvalue weighted by Crippen LogP contribution is 2.53. The number of rotatable bonds is 10. The highest BCUT2D eigenvalue weighted by atomic mass is 32.1. The maximum Gasteiger partial charge on any atom is 0.363 e. The quantitative estimate of drug-likeness (QED) is 0.212. The number of thiophene rings is 1. The van der Waals surface area contributed by atoms with Gasteiger partial charge in [0, 0.05) is 24.0 Å². The van der Waals surface area contributed by atoms with Gasteiger partial charge in [-0.15, -0.1) is 11.3 Å². The van der Waals surface area contributed by atoms with E-state index in [-0.39, 0.29) is 28.3 Å². The first-order chi connectivity index (χ1) is 22.5. The zero-order chi connectivity index (χ0) is 33.3. The van der Waals surface area contributed by atoms with Gasteiger partial charge in [0.25, 0.3) is 5.91 Å². The molecule has 6 rings (SSSR count). The number of nitrogens with zero attached hydrogens (tertiary/aromatic N) is 3. The Hall–Kier alpha value is -3.26. The lowest BCUT2D eigenvalue weighted by Gasteiger charge is -2.50. The molecule has 0 bridgehead atoms. The van der Waals surface area contributed by atoms with E-state index in [1.165, 1.54) is 24.3 Å². The van der Waals surface area contributed by atoms with Crippen LogP contribution < -0.4 is 5.32 Å². The van der Waals surface area contributed by atoms with Crippen molar-refractivity contribution in [1.29, 1.82) is 0 Å². The lowest BCUT2D eigenvalue weighted by Crippen LogP contribution is -2.66. The van der Waals surface area contributed by atoms with Crippen LogP contribution in [-0.4, -0.2) is 93.8 Å². The number of carbonyl (C=O) groups excluding carboxylic acids is 3. The van der Waals surface area contributed by atoms with E-state index in [1.807, 2.05) is 18.2 Å². The van der Waals surface area contributed by atoms with E-state index in [0.717, 1.165) is 36.3 Å². The Kier molecular flexibility index (Phi) is 9.80. The van der Waals surface area contributed by atoms with E-state index in [9.17, 15) is 33.1 Å². The zero-order valence-corrected chi connectivity index (χ0v) is 27.6. The minimum absolute atomic E-state index is 0.0960. The molecule has 2 aromatic heterocycles. The number of likely N-dealkylation sites (tertiary alicyclic amines) is 1. The van der Waals surface area contributed by atoms with Crippen molar-refractivity contribution in [3.05, 3.63) is 64.8 Å². The average Bonchev–Trinajstić information content (AvgIpc) is 3.66. The van der Waals surface area contributed by atoms with E-state index < -0.39 is 37.1 Å². The average molecular weight is 689 g/mol. The first-order valence-corrected chi connectivity index (χ1v) is 18.2. The van der Waals surface area contributed by atoms with Gasteiger partial charge in [0.1, 0.15) is 17.7 Å². The van der Waals surface area contributed by atoms with Crippen LogP contribution >= 0.6 is 18.9 Å². The number of hydrogen-bond acceptors (Lipinski definition) is 8. The molecule has 3 aliphatic heterocycles. The predicted octanol–water partition coefficient (Wildman–Crippen LogP) is 3.87. The molecule has 47 heavy (non-hydrogen) atoms. The summed E-state index contributed by atoms with van der Waals surface area (Å²) in [5.41, 5.74) is -0.197. The number of carbonyl (C=O) groups is 3. The van der Waals surface area contributed by atoms with Crippen LogP contribution in [0.5, 0.6) is 0 Å². The number of amides is 3. The maximum atomic E-state index is 14.3. The fourth-order valence-electron chi connectivity index (χ4n) is 6.87. The minimum Gasteiger partial charge on any atom is -0.382 e. The van der Waals surface area contributed by atoms with Crippen molar-refractivity contribution >= 4 is 46.7 Å². The summed E-state index contributed by atoms with van der Waals surface area (Å²) < 4.78 is 37.7. The summed E-state index contributed by atoms with van der Waals surface area (Å²) >= 11 is 1.14. The van der Waals surface area contributed by atoms with Crippen molar-refractivity contribution in [3.63, 3.8) is 0 Å². The van der Waals surface area contributed by atoms with Crippen LogP contribution in [0.15, 0.2) is 48.7 Å². The molecular formula is C32H38FN4O8PS. The maximum absolute atomic E-state index is 14.3. The van der Waals surface area contributed by atoms with E-state index in [1.54, 1.807) is 23.1 Å². The van der Waals surface area contributed by atoms with Crippen LogP contribution in [0, 0.1) is 0 Å². The van der Waals surface area contributed by atoms with E-state index in [0.29, 0.717) is 55.7 Å². The first kappa shape index (κ1) is 33.6. The number of ether oxygens (including phenoxy) is 2. The molecule has 3 N–H and O–H groups in total. The largest absolute Gasteiger partial charge is 0.382 e. The fourth-order valence-corrected chi connectivity index (χ4v) is 8.37. The highest BCUT2D eigenvalue weighted by molar-refractivity contribution is 7.51. The van der Waals surface area contributed by atoms with Gasteiger partial charge in [-0.2, -0.15) is 0 Å². The topological polar surface area (TPSA) is 159 Å². The van der Waals surface area contributed by atoms with Crippen molar-refractivity contribution in [2.75, 3.05) is 33.4 Å². The first-order valence-electron chi connectivity index (χ1n) is 15.7. The third kappa shape index (κ3) is 6.85. The standard InChI is InChI=1S/C32H38FN4O8PS/c1-44-14-15-45-32(27-8-4-5-13-34-27)18-36(19-32)31(40)24-11-10-22-6-2-3-7-23(30(39)37(22)24)35-29(38)26-17-21-16-20(9-12-25(21)47-26)28(33)46(41,42)43/h4-5,8-9,12-13,16-17,22-24,28H,2-3,6-7,10-11,14-15,18-19H2,1H3,(H,35,38)(H2,41,42,43)/t22-,23-,24-,28?/m0/s1. The monoisotopic (exact) mass is 688 g/mol. The van der Waals surface area contributed by atoms with Crippen molar-refractivity contribution in [1.82, 2.24) is 20.1 Å². The van der Waals surface area contributed by atoms with Crippen LogP contribution in [0.25, 0.3) is 10.1 Å². The number of pyridine rings is 1. The van der Waals surface area contributed by atoms with Crippen LogP contribution in [0.1, 0.15) is 65.4 Å². The van der Waals surface area contributed by atoms with Gasteiger partial charge >= 0.3 is 7.60 Å². The number of fused-ring (bicyclic) bond motifs is 2. The second-order valence-corrected chi connectivity index (χ2v) is 15.1. The third-order valence-electron chi connectivity index (χ3n) is 9.26. The number of alkyl halides is 1. The molecule has 12 nitrogen and oxygen atoms in total. The van der Waals surface area contributed by atoms with Gasteiger partial charge in [-0.05, 0) is 67.0 Å². The summed E-state index contributed by atoms with van der Waals surface area (Å²) in [5.74, 6) is -3.37. The van der Waals surface area contributed by atoms with E-state index >= 15 is 0 Å². The molecule has 0 radical (unpaired) electrons. The molecule has 0 aliphatic carbocycles. The number of hydrogen-bond donors (Lipinski definition) is 3. The van der Waals surface area contributed by atoms with Crippen molar-refractivity contribution in [3.8, 4) is 0 Å². The Bertz CT molecular complexity index is 1680. The molecule has 1 aromatic carbocycles. The molecule has 5 heterocycles. The Morgan fingerprint density at radius 1 is 1.13 bits per heavy atom. The normalized spacial score (nSPS) is 23.5.